The summed E-state index contributed by atoms with van der Waals surface area (Å²) in [6, 6.07) is 19.7. The van der Waals surface area contributed by atoms with Crippen LogP contribution in [0.2, 0.25) is 0 Å². The summed E-state index contributed by atoms with van der Waals surface area (Å²) in [5.74, 6) is 2.25. The maximum absolute atomic E-state index is 6.27. The zero-order chi connectivity index (χ0) is 41.4. The van der Waals surface area contributed by atoms with Crippen LogP contribution in [0, 0.1) is 20.8 Å². The number of aliphatic imine (C=N–C) groups is 2. The van der Waals surface area contributed by atoms with Crippen molar-refractivity contribution in [1.29, 1.82) is 0 Å². The van der Waals surface area contributed by atoms with Gasteiger partial charge in [0.25, 0.3) is 0 Å². The van der Waals surface area contributed by atoms with E-state index in [9.17, 15) is 0 Å². The van der Waals surface area contributed by atoms with Gasteiger partial charge in [0.15, 0.2) is 11.6 Å². The standard InChI is InChI=1S/C26H31N5.C19H16N6.C2H6/c1-6-17(2)8-7-9-22-18(3)14-15-28-26(22)31-24(27)13-11-21-10-12-23-20(5)29-16-19(4)25(23)30-21;20-17(25-19-18-13(9-11-22-19)4-3-10-21-18)8-7-14-12-23-15-5-1-2-6-16(15)24-14;1-2/h7-10,12,14-16H,6,11,13H2,1-5H3,(H2,27,28,31);1-6,9-12H,7-8H2,(H2,20,22,25);1-2H3/b9-7-,17-8?;;. The van der Waals surface area contributed by atoms with Crippen LogP contribution in [0.15, 0.2) is 119 Å². The lowest BCUT2D eigenvalue weighted by Gasteiger charge is -2.08. The molecule has 7 aromatic rings. The first kappa shape index (κ1) is 42.4. The zero-order valence-electron chi connectivity index (χ0n) is 34.6. The van der Waals surface area contributed by atoms with Gasteiger partial charge in [-0.2, -0.15) is 0 Å². The first-order valence-corrected chi connectivity index (χ1v) is 19.8. The van der Waals surface area contributed by atoms with Crippen LogP contribution in [0.1, 0.15) is 80.7 Å². The summed E-state index contributed by atoms with van der Waals surface area (Å²) in [6.45, 7) is 14.4. The highest BCUT2D eigenvalue weighted by Crippen LogP contribution is 2.24. The quantitative estimate of drug-likeness (QED) is 0.0739. The lowest BCUT2D eigenvalue weighted by atomic mass is 10.1. The number of hydrogen-bond donors (Lipinski definition) is 2. The lowest BCUT2D eigenvalue weighted by Crippen LogP contribution is -2.13. The molecule has 0 atom stereocenters. The second-order valence-electron chi connectivity index (χ2n) is 13.6. The van der Waals surface area contributed by atoms with Gasteiger partial charge in [-0.15, -0.1) is 0 Å². The minimum absolute atomic E-state index is 0.501. The van der Waals surface area contributed by atoms with E-state index in [1.165, 1.54) is 5.57 Å². The summed E-state index contributed by atoms with van der Waals surface area (Å²) >= 11 is 0. The topological polar surface area (TPSA) is 167 Å². The molecule has 6 aromatic heterocycles. The van der Waals surface area contributed by atoms with Gasteiger partial charge >= 0.3 is 0 Å². The fourth-order valence-corrected chi connectivity index (χ4v) is 5.91. The summed E-state index contributed by atoms with van der Waals surface area (Å²) in [6.07, 6.45) is 18.7. The van der Waals surface area contributed by atoms with Crippen molar-refractivity contribution in [1.82, 2.24) is 34.9 Å². The number of nitrogens with zero attached hydrogens (tertiary/aromatic N) is 9. The van der Waals surface area contributed by atoms with E-state index in [1.807, 2.05) is 88.5 Å². The Bertz CT molecular complexity index is 2600. The Balaban J connectivity index is 0.000000216. The largest absolute Gasteiger partial charge is 0.387 e. The summed E-state index contributed by atoms with van der Waals surface area (Å²) in [4.78, 5) is 40.4. The molecule has 0 aliphatic carbocycles. The number of aromatic nitrogens is 7. The van der Waals surface area contributed by atoms with Gasteiger partial charge < -0.3 is 11.5 Å². The molecule has 0 radical (unpaired) electrons. The Morgan fingerprint density at radius 3 is 2.14 bits per heavy atom. The average Bonchev–Trinajstić information content (AvgIpc) is 3.25. The number of nitrogens with two attached hydrogens (primary N) is 2. The first-order valence-electron chi connectivity index (χ1n) is 19.8. The van der Waals surface area contributed by atoms with E-state index < -0.39 is 0 Å². The Morgan fingerprint density at radius 1 is 0.655 bits per heavy atom. The molecule has 0 unspecified atom stereocenters. The van der Waals surface area contributed by atoms with Crippen LogP contribution in [-0.4, -0.2) is 46.6 Å². The van der Waals surface area contributed by atoms with Crippen LogP contribution in [0.5, 0.6) is 0 Å². The molecule has 0 saturated carbocycles. The molecule has 0 spiro atoms. The third-order valence-corrected chi connectivity index (χ3v) is 9.33. The average molecular weight is 772 g/mol. The van der Waals surface area contributed by atoms with Crippen molar-refractivity contribution in [2.75, 3.05) is 0 Å². The first-order chi connectivity index (χ1) is 28.2. The molecule has 11 nitrogen and oxygen atoms in total. The second kappa shape index (κ2) is 21.0. The number of rotatable bonds is 11. The van der Waals surface area contributed by atoms with Crippen LogP contribution in [0.3, 0.4) is 0 Å². The lowest BCUT2D eigenvalue weighted by molar-refractivity contribution is 0.960. The maximum Gasteiger partial charge on any atom is 0.180 e. The van der Waals surface area contributed by atoms with Crippen molar-refractivity contribution in [3.05, 3.63) is 143 Å². The number of allylic oxidation sites excluding steroid dienone is 3. The fraction of sp³-hybridized carbons (Fsp3) is 0.255. The Kier molecular flexibility index (Phi) is 15.3. The van der Waals surface area contributed by atoms with Gasteiger partial charge in [-0.25, -0.2) is 24.9 Å². The monoisotopic (exact) mass is 771 g/mol. The van der Waals surface area contributed by atoms with Gasteiger partial charge in [-0.05, 0) is 101 Å². The SMILES string of the molecule is CC.CCC(C)=C/C=C\c1c(C)ccnc1N=C(N)CCc1ccc2c(C)ncc(C)c2n1.NC(CCc1cnc2ccccc2n1)=Nc1nccc2cccnc12. The number of amidine groups is 2. The minimum atomic E-state index is 0.501. The molecule has 296 valence electrons. The third-order valence-electron chi connectivity index (χ3n) is 9.33. The smallest absolute Gasteiger partial charge is 0.180 e. The molecule has 0 aliphatic heterocycles. The van der Waals surface area contributed by atoms with Crippen molar-refractivity contribution < 1.29 is 0 Å². The minimum Gasteiger partial charge on any atom is -0.387 e. The van der Waals surface area contributed by atoms with Crippen molar-refractivity contribution in [2.24, 2.45) is 21.5 Å². The second-order valence-corrected chi connectivity index (χ2v) is 13.6. The molecule has 58 heavy (non-hydrogen) atoms. The maximum atomic E-state index is 6.27. The normalized spacial score (nSPS) is 12.1. The molecule has 0 aliphatic rings. The molecule has 0 saturated heterocycles. The van der Waals surface area contributed by atoms with Crippen molar-refractivity contribution in [3.8, 4) is 0 Å². The highest BCUT2D eigenvalue weighted by atomic mass is 15.0. The summed E-state index contributed by atoms with van der Waals surface area (Å²) in [5.41, 5.74) is 23.3. The molecule has 1 aromatic carbocycles. The predicted molar refractivity (Wildman–Crippen MR) is 241 cm³/mol. The van der Waals surface area contributed by atoms with Crippen LogP contribution < -0.4 is 11.5 Å². The molecule has 0 fully saturated rings. The van der Waals surface area contributed by atoms with Gasteiger partial charge in [-0.1, -0.05) is 62.8 Å². The molecule has 0 bridgehead atoms. The van der Waals surface area contributed by atoms with Crippen LogP contribution in [0.4, 0.5) is 11.6 Å². The van der Waals surface area contributed by atoms with E-state index in [0.29, 0.717) is 42.6 Å². The highest BCUT2D eigenvalue weighted by molar-refractivity contribution is 5.91. The molecule has 7 rings (SSSR count). The molecule has 0 amide bonds. The Hall–Kier alpha value is -6.75. The summed E-state index contributed by atoms with van der Waals surface area (Å²) in [7, 11) is 0. The van der Waals surface area contributed by atoms with E-state index in [1.54, 1.807) is 24.8 Å². The predicted octanol–water partition coefficient (Wildman–Crippen LogP) is 10.2. The van der Waals surface area contributed by atoms with E-state index in [0.717, 1.165) is 79.5 Å². The zero-order valence-corrected chi connectivity index (χ0v) is 34.6. The molecule has 11 heteroatoms. The van der Waals surface area contributed by atoms with Crippen molar-refractivity contribution in [3.63, 3.8) is 0 Å². The Labute approximate surface area is 341 Å². The molecular weight excluding hydrogens is 719 g/mol. The molecule has 4 N–H and O–H groups in total. The van der Waals surface area contributed by atoms with Crippen LogP contribution >= 0.6 is 0 Å². The molecular formula is C47H53N11. The number of para-hydroxylation sites is 2. The number of fused-ring (bicyclic) bond motifs is 3. The van der Waals surface area contributed by atoms with Crippen molar-refractivity contribution in [2.45, 2.75) is 80.6 Å². The summed E-state index contributed by atoms with van der Waals surface area (Å²) in [5, 5.41) is 2.09. The van der Waals surface area contributed by atoms with Gasteiger partial charge in [0.1, 0.15) is 17.2 Å². The number of benzene rings is 1. The van der Waals surface area contributed by atoms with Gasteiger partial charge in [-0.3, -0.25) is 19.9 Å². The third kappa shape index (κ3) is 11.4. The van der Waals surface area contributed by atoms with Crippen LogP contribution in [-0.2, 0) is 12.8 Å². The fourth-order valence-electron chi connectivity index (χ4n) is 5.91. The van der Waals surface area contributed by atoms with E-state index in [-0.39, 0.29) is 0 Å². The number of pyridine rings is 5. The van der Waals surface area contributed by atoms with Gasteiger partial charge in [0, 0.05) is 71.5 Å². The van der Waals surface area contributed by atoms with Gasteiger partial charge in [0.05, 0.1) is 22.2 Å². The summed E-state index contributed by atoms with van der Waals surface area (Å²) < 4.78 is 0. The van der Waals surface area contributed by atoms with Crippen LogP contribution in [0.25, 0.3) is 38.9 Å². The highest BCUT2D eigenvalue weighted by Gasteiger charge is 2.09. The number of hydrogen-bond acceptors (Lipinski definition) is 9. The molecule has 6 heterocycles. The Morgan fingerprint density at radius 2 is 1.36 bits per heavy atom. The van der Waals surface area contributed by atoms with E-state index in [4.69, 9.17) is 16.5 Å². The van der Waals surface area contributed by atoms with Gasteiger partial charge in [0.2, 0.25) is 0 Å². The van der Waals surface area contributed by atoms with E-state index in [2.05, 4.69) is 85.0 Å². The van der Waals surface area contributed by atoms with Crippen molar-refractivity contribution >= 4 is 62.2 Å². The number of aryl methyl sites for hydroxylation is 5. The van der Waals surface area contributed by atoms with E-state index >= 15 is 0 Å².